The van der Waals surface area contributed by atoms with Gasteiger partial charge in [0, 0.05) is 17.8 Å². The second-order valence-electron chi connectivity index (χ2n) is 9.59. The fraction of sp³-hybridized carbons (Fsp3) is 0.0294. The van der Waals surface area contributed by atoms with Gasteiger partial charge in [-0.25, -0.2) is 0 Å². The Balaban J connectivity index is 1.38. The van der Waals surface area contributed by atoms with Crippen LogP contribution in [0.1, 0.15) is 11.1 Å². The second kappa shape index (κ2) is 7.01. The van der Waals surface area contributed by atoms with Crippen LogP contribution < -0.4 is 0 Å². The average molecular weight is 444 g/mol. The Morgan fingerprint density at radius 1 is 0.486 bits per heavy atom. The molecular formula is C34H21N. The van der Waals surface area contributed by atoms with Crippen molar-refractivity contribution in [3.63, 3.8) is 0 Å². The van der Waals surface area contributed by atoms with Gasteiger partial charge in [-0.15, -0.1) is 0 Å². The highest BCUT2D eigenvalue weighted by Gasteiger charge is 2.22. The lowest BCUT2D eigenvalue weighted by Crippen LogP contribution is -1.89. The number of hydrogen-bond donors (Lipinski definition) is 0. The van der Waals surface area contributed by atoms with E-state index in [-0.39, 0.29) is 0 Å². The van der Waals surface area contributed by atoms with Gasteiger partial charge in [0.2, 0.25) is 0 Å². The highest BCUT2D eigenvalue weighted by Crippen LogP contribution is 2.44. The summed E-state index contributed by atoms with van der Waals surface area (Å²) in [6.45, 7) is 0. The van der Waals surface area contributed by atoms with Crippen LogP contribution >= 0.6 is 0 Å². The van der Waals surface area contributed by atoms with Crippen molar-refractivity contribution in [3.05, 3.63) is 127 Å². The van der Waals surface area contributed by atoms with Crippen LogP contribution in [0, 0.1) is 0 Å². The number of benzene rings is 6. The van der Waals surface area contributed by atoms with Crippen molar-refractivity contribution < 1.29 is 0 Å². The van der Waals surface area contributed by atoms with Crippen LogP contribution in [0.25, 0.3) is 65.3 Å². The van der Waals surface area contributed by atoms with Gasteiger partial charge in [0.25, 0.3) is 0 Å². The Bertz CT molecular complexity index is 1940. The summed E-state index contributed by atoms with van der Waals surface area (Å²) in [6, 6.07) is 38.2. The smallest absolute Gasteiger partial charge is 0.0346 e. The van der Waals surface area contributed by atoms with Gasteiger partial charge in [0.05, 0.1) is 0 Å². The number of aromatic nitrogens is 1. The summed E-state index contributed by atoms with van der Waals surface area (Å²) >= 11 is 0. The summed E-state index contributed by atoms with van der Waals surface area (Å²) in [5, 5.41) is 10.4. The molecule has 0 N–H and O–H groups in total. The molecule has 1 aliphatic carbocycles. The molecule has 0 saturated carbocycles. The highest BCUT2D eigenvalue weighted by molar-refractivity contribution is 6.25. The van der Waals surface area contributed by atoms with Gasteiger partial charge in [-0.2, -0.15) is 0 Å². The Hall–Kier alpha value is -4.49. The van der Waals surface area contributed by atoms with Crippen LogP contribution in [0.3, 0.4) is 0 Å². The van der Waals surface area contributed by atoms with E-state index in [2.05, 4.69) is 108 Å². The van der Waals surface area contributed by atoms with Gasteiger partial charge < -0.3 is 0 Å². The van der Waals surface area contributed by atoms with Crippen LogP contribution in [-0.4, -0.2) is 4.98 Å². The first-order valence-corrected chi connectivity index (χ1v) is 12.2. The minimum absolute atomic E-state index is 0.960. The van der Waals surface area contributed by atoms with E-state index in [1.54, 1.807) is 0 Å². The summed E-state index contributed by atoms with van der Waals surface area (Å²) in [4.78, 5) is 4.33. The molecule has 0 atom stereocenters. The molecule has 0 unspecified atom stereocenters. The quantitative estimate of drug-likeness (QED) is 0.231. The molecule has 0 saturated heterocycles. The molecular weight excluding hydrogens is 422 g/mol. The molecule has 1 heterocycles. The van der Waals surface area contributed by atoms with E-state index < -0.39 is 0 Å². The maximum Gasteiger partial charge on any atom is 0.0346 e. The molecule has 162 valence electrons. The molecule has 0 amide bonds. The third kappa shape index (κ3) is 2.67. The first-order chi connectivity index (χ1) is 17.3. The Kier molecular flexibility index (Phi) is 3.78. The zero-order valence-corrected chi connectivity index (χ0v) is 19.1. The zero-order chi connectivity index (χ0) is 22.9. The molecule has 1 aromatic heterocycles. The van der Waals surface area contributed by atoms with E-state index >= 15 is 0 Å². The largest absolute Gasteiger partial charge is 0.264 e. The van der Waals surface area contributed by atoms with Crippen molar-refractivity contribution in [1.82, 2.24) is 4.98 Å². The number of fused-ring (bicyclic) bond motifs is 10. The lowest BCUT2D eigenvalue weighted by Gasteiger charge is -2.14. The van der Waals surface area contributed by atoms with Crippen LogP contribution in [0.5, 0.6) is 0 Å². The molecule has 8 rings (SSSR count). The number of pyridine rings is 1. The van der Waals surface area contributed by atoms with Gasteiger partial charge in [-0.3, -0.25) is 4.98 Å². The van der Waals surface area contributed by atoms with Crippen molar-refractivity contribution in [3.8, 4) is 22.3 Å². The summed E-state index contributed by atoms with van der Waals surface area (Å²) in [7, 11) is 0. The van der Waals surface area contributed by atoms with E-state index in [4.69, 9.17) is 0 Å². The molecule has 0 radical (unpaired) electrons. The maximum absolute atomic E-state index is 4.33. The number of hydrogen-bond acceptors (Lipinski definition) is 1. The van der Waals surface area contributed by atoms with Crippen molar-refractivity contribution in [2.75, 3.05) is 0 Å². The molecule has 1 nitrogen and oxygen atoms in total. The Labute approximate surface area is 203 Å². The Morgan fingerprint density at radius 3 is 1.94 bits per heavy atom. The van der Waals surface area contributed by atoms with Crippen LogP contribution in [-0.2, 0) is 6.42 Å². The lowest BCUT2D eigenvalue weighted by atomic mass is 9.90. The van der Waals surface area contributed by atoms with Gasteiger partial charge in [-0.1, -0.05) is 78.9 Å². The molecule has 0 fully saturated rings. The summed E-state index contributed by atoms with van der Waals surface area (Å²) in [5.41, 5.74) is 8.16. The highest BCUT2D eigenvalue weighted by atomic mass is 14.6. The topological polar surface area (TPSA) is 12.9 Å². The fourth-order valence-electron chi connectivity index (χ4n) is 6.15. The lowest BCUT2D eigenvalue weighted by molar-refractivity contribution is 1.27. The van der Waals surface area contributed by atoms with Crippen LogP contribution in [0.2, 0.25) is 0 Å². The normalized spacial score (nSPS) is 12.5. The second-order valence-corrected chi connectivity index (χ2v) is 9.59. The number of nitrogens with zero attached hydrogens (tertiary/aromatic N) is 1. The summed E-state index contributed by atoms with van der Waals surface area (Å²) in [6.07, 6.45) is 4.81. The third-order valence-electron chi connectivity index (χ3n) is 7.75. The Morgan fingerprint density at radius 2 is 1.17 bits per heavy atom. The van der Waals surface area contributed by atoms with Gasteiger partial charge in [-0.05, 0) is 102 Å². The van der Waals surface area contributed by atoms with E-state index in [0.29, 0.717) is 0 Å². The third-order valence-corrected chi connectivity index (χ3v) is 7.75. The van der Waals surface area contributed by atoms with E-state index in [1.165, 1.54) is 76.5 Å². The summed E-state index contributed by atoms with van der Waals surface area (Å²) < 4.78 is 0. The van der Waals surface area contributed by atoms with Crippen molar-refractivity contribution >= 4 is 43.1 Å². The molecule has 0 aliphatic heterocycles. The van der Waals surface area contributed by atoms with E-state index in [1.807, 2.05) is 12.4 Å². The molecule has 1 aliphatic rings. The minimum Gasteiger partial charge on any atom is -0.264 e. The van der Waals surface area contributed by atoms with E-state index in [9.17, 15) is 0 Å². The SMILES string of the molecule is c1cc(-c2ccc3c4ccccc4c4ccccc4c3c2)c2c(c1)-c1cc3ccncc3cc1C2. The maximum atomic E-state index is 4.33. The first kappa shape index (κ1) is 18.9. The first-order valence-electron chi connectivity index (χ1n) is 12.2. The molecule has 0 spiro atoms. The minimum atomic E-state index is 0.960. The van der Waals surface area contributed by atoms with Crippen molar-refractivity contribution in [1.29, 1.82) is 0 Å². The molecule has 35 heavy (non-hydrogen) atoms. The van der Waals surface area contributed by atoms with Crippen LogP contribution in [0.4, 0.5) is 0 Å². The van der Waals surface area contributed by atoms with Crippen molar-refractivity contribution in [2.24, 2.45) is 0 Å². The van der Waals surface area contributed by atoms with E-state index in [0.717, 1.165) is 6.42 Å². The fourth-order valence-corrected chi connectivity index (χ4v) is 6.15. The average Bonchev–Trinajstić information content (AvgIpc) is 3.29. The standard InChI is InChI=1S/C34H21N/c1-2-8-28-26(6-1)27-7-3-4-9-29(27)34-18-22(12-13-31(28)34)25-10-5-11-30-32-17-21-14-15-35-20-24(21)16-23(32)19-33(25)30/h1-18,20H,19H2. The predicted molar refractivity (Wildman–Crippen MR) is 148 cm³/mol. The predicted octanol–water partition coefficient (Wildman–Crippen LogP) is 8.93. The zero-order valence-electron chi connectivity index (χ0n) is 19.1. The molecule has 6 aromatic carbocycles. The molecule has 0 bridgehead atoms. The van der Waals surface area contributed by atoms with Gasteiger partial charge in [0.1, 0.15) is 0 Å². The number of rotatable bonds is 1. The van der Waals surface area contributed by atoms with Crippen molar-refractivity contribution in [2.45, 2.75) is 6.42 Å². The van der Waals surface area contributed by atoms with Gasteiger partial charge >= 0.3 is 0 Å². The molecule has 1 heteroatoms. The monoisotopic (exact) mass is 443 g/mol. The van der Waals surface area contributed by atoms with Gasteiger partial charge in [0.15, 0.2) is 0 Å². The van der Waals surface area contributed by atoms with Crippen LogP contribution in [0.15, 0.2) is 116 Å². The summed E-state index contributed by atoms with van der Waals surface area (Å²) in [5.74, 6) is 0. The molecule has 7 aromatic rings.